The first kappa shape index (κ1) is 13.5. The molecule has 7 nitrogen and oxygen atoms in total. The van der Waals surface area contributed by atoms with Gasteiger partial charge in [-0.1, -0.05) is 0 Å². The van der Waals surface area contributed by atoms with E-state index in [2.05, 4.69) is 29.1 Å². The molecule has 2 aliphatic rings. The summed E-state index contributed by atoms with van der Waals surface area (Å²) in [5.74, 6) is 0.629. The molecule has 2 atom stereocenters. The Labute approximate surface area is 118 Å². The third-order valence-corrected chi connectivity index (χ3v) is 4.23. The molecule has 0 unspecified atom stereocenters. The summed E-state index contributed by atoms with van der Waals surface area (Å²) in [5, 5.41) is 4.11. The molecule has 0 aliphatic carbocycles. The van der Waals surface area contributed by atoms with Crippen LogP contribution < -0.4 is 0 Å². The smallest absolute Gasteiger partial charge is 0.293 e. The number of rotatable bonds is 3. The average molecular weight is 279 g/mol. The molecule has 0 N–H and O–H groups in total. The van der Waals surface area contributed by atoms with Crippen LogP contribution in [0.2, 0.25) is 0 Å². The molecule has 110 valence electrons. The first-order valence-electron chi connectivity index (χ1n) is 6.87. The lowest BCUT2D eigenvalue weighted by atomic mass is 9.81. The number of carbonyl (C=O) groups is 1. The summed E-state index contributed by atoms with van der Waals surface area (Å²) in [5.41, 5.74) is 0.0634. The Morgan fingerprint density at radius 1 is 1.60 bits per heavy atom. The van der Waals surface area contributed by atoms with E-state index in [1.807, 2.05) is 4.90 Å². The van der Waals surface area contributed by atoms with Gasteiger partial charge in [-0.25, -0.2) is 4.98 Å². The van der Waals surface area contributed by atoms with Gasteiger partial charge in [0.1, 0.15) is 6.33 Å². The van der Waals surface area contributed by atoms with E-state index < -0.39 is 0 Å². The number of hydrogen-bond acceptors (Lipinski definition) is 5. The van der Waals surface area contributed by atoms with Crippen LogP contribution in [0.5, 0.6) is 0 Å². The quantitative estimate of drug-likeness (QED) is 0.744. The van der Waals surface area contributed by atoms with Crippen molar-refractivity contribution in [3.8, 4) is 0 Å². The summed E-state index contributed by atoms with van der Waals surface area (Å²) < 4.78 is 7.21. The summed E-state index contributed by atoms with van der Waals surface area (Å²) in [7, 11) is 5.90. The Bertz CT molecular complexity index is 515. The number of hydrogen-bond donors (Lipinski definition) is 0. The van der Waals surface area contributed by atoms with Crippen LogP contribution in [0.4, 0.5) is 0 Å². The summed E-state index contributed by atoms with van der Waals surface area (Å²) in [6.07, 6.45) is 1.56. The zero-order valence-corrected chi connectivity index (χ0v) is 12.2. The van der Waals surface area contributed by atoms with Gasteiger partial charge < -0.3 is 14.5 Å². The molecule has 20 heavy (non-hydrogen) atoms. The first-order chi connectivity index (χ1) is 9.50. The maximum atomic E-state index is 12.5. The van der Waals surface area contributed by atoms with Gasteiger partial charge in [0.25, 0.3) is 5.91 Å². The third-order valence-electron chi connectivity index (χ3n) is 4.23. The van der Waals surface area contributed by atoms with E-state index in [1.165, 1.54) is 0 Å². The van der Waals surface area contributed by atoms with Crippen LogP contribution >= 0.6 is 0 Å². The molecular formula is C13H21N5O2. The fraction of sp³-hybridized carbons (Fsp3) is 0.769. The highest BCUT2D eigenvalue weighted by Crippen LogP contribution is 2.41. The molecule has 0 spiro atoms. The van der Waals surface area contributed by atoms with E-state index in [0.29, 0.717) is 5.92 Å². The van der Waals surface area contributed by atoms with Gasteiger partial charge in [0.15, 0.2) is 0 Å². The molecule has 2 aliphatic heterocycles. The van der Waals surface area contributed by atoms with Gasteiger partial charge in [-0.15, -0.1) is 5.10 Å². The van der Waals surface area contributed by atoms with Crippen LogP contribution in [0.15, 0.2) is 6.33 Å². The van der Waals surface area contributed by atoms with Crippen LogP contribution in [0.3, 0.4) is 0 Å². The second kappa shape index (κ2) is 4.82. The minimum atomic E-state index is -0.0712. The molecule has 1 aromatic heterocycles. The molecular weight excluding hydrogens is 258 g/mol. The summed E-state index contributed by atoms with van der Waals surface area (Å²) >= 11 is 0. The largest absolute Gasteiger partial charge is 0.380 e. The van der Waals surface area contributed by atoms with Crippen LogP contribution in [-0.2, 0) is 11.8 Å². The highest BCUT2D eigenvalue weighted by molar-refractivity contribution is 5.90. The summed E-state index contributed by atoms with van der Waals surface area (Å²) in [4.78, 5) is 20.6. The van der Waals surface area contributed by atoms with E-state index in [4.69, 9.17) is 4.74 Å². The number of ether oxygens (including phenoxy) is 1. The Morgan fingerprint density at radius 2 is 2.40 bits per heavy atom. The monoisotopic (exact) mass is 279 g/mol. The van der Waals surface area contributed by atoms with Crippen molar-refractivity contribution >= 4 is 5.91 Å². The second-order valence-corrected chi connectivity index (χ2v) is 6.24. The number of aromatic nitrogens is 3. The second-order valence-electron chi connectivity index (χ2n) is 6.24. The predicted molar refractivity (Wildman–Crippen MR) is 72.2 cm³/mol. The minimum absolute atomic E-state index is 0.0634. The maximum absolute atomic E-state index is 12.5. The molecule has 0 radical (unpaired) electrons. The predicted octanol–water partition coefficient (Wildman–Crippen LogP) is -0.535. The number of amides is 1. The molecule has 3 rings (SSSR count). The van der Waals surface area contributed by atoms with Crippen LogP contribution in [0, 0.1) is 11.3 Å². The molecule has 1 aromatic rings. The molecule has 0 saturated carbocycles. The van der Waals surface area contributed by atoms with Gasteiger partial charge in [0.2, 0.25) is 5.82 Å². The lowest BCUT2D eigenvalue weighted by molar-refractivity contribution is 0.0686. The zero-order chi connectivity index (χ0) is 14.3. The van der Waals surface area contributed by atoms with Gasteiger partial charge in [0.05, 0.1) is 13.2 Å². The Morgan fingerprint density at radius 3 is 3.05 bits per heavy atom. The van der Waals surface area contributed by atoms with Gasteiger partial charge in [0, 0.05) is 38.0 Å². The topological polar surface area (TPSA) is 63.5 Å². The SMILES string of the molecule is CN(C)C[C@]12COC[C@H]1CN(C(=O)c1ncn(C)n1)C2. The number of aryl methyl sites for hydroxylation is 1. The van der Waals surface area contributed by atoms with Crippen molar-refractivity contribution in [1.29, 1.82) is 0 Å². The summed E-state index contributed by atoms with van der Waals surface area (Å²) in [6, 6.07) is 0. The van der Waals surface area contributed by atoms with E-state index in [0.717, 1.165) is 32.8 Å². The fourth-order valence-corrected chi connectivity index (χ4v) is 3.42. The summed E-state index contributed by atoms with van der Waals surface area (Å²) in [6.45, 7) is 3.89. The van der Waals surface area contributed by atoms with Crippen molar-refractivity contribution < 1.29 is 9.53 Å². The molecule has 7 heteroatoms. The molecule has 2 saturated heterocycles. The number of carbonyl (C=O) groups excluding carboxylic acids is 1. The molecule has 0 aromatic carbocycles. The van der Waals surface area contributed by atoms with Gasteiger partial charge in [-0.05, 0) is 14.1 Å². The van der Waals surface area contributed by atoms with Crippen molar-refractivity contribution in [3.63, 3.8) is 0 Å². The average Bonchev–Trinajstić information content (AvgIpc) is 3.00. The first-order valence-corrected chi connectivity index (χ1v) is 6.87. The Hall–Kier alpha value is -1.47. The van der Waals surface area contributed by atoms with Crippen LogP contribution in [0.1, 0.15) is 10.6 Å². The molecule has 2 fully saturated rings. The van der Waals surface area contributed by atoms with Crippen molar-refractivity contribution in [2.24, 2.45) is 18.4 Å². The number of nitrogens with zero attached hydrogens (tertiary/aromatic N) is 5. The highest BCUT2D eigenvalue weighted by atomic mass is 16.5. The highest BCUT2D eigenvalue weighted by Gasteiger charge is 2.52. The Balaban J connectivity index is 1.76. The molecule has 3 heterocycles. The molecule has 1 amide bonds. The number of likely N-dealkylation sites (tertiary alicyclic amines) is 1. The lowest BCUT2D eigenvalue weighted by Gasteiger charge is -2.30. The standard InChI is InChI=1S/C13H21N5O2/c1-16(2)6-13-7-18(4-10(13)5-20-8-13)12(19)11-14-9-17(3)15-11/h9-10H,4-8H2,1-3H3/t10-,13+/m1/s1. The van der Waals surface area contributed by atoms with Crippen molar-refractivity contribution in [1.82, 2.24) is 24.6 Å². The van der Waals surface area contributed by atoms with Gasteiger partial charge >= 0.3 is 0 Å². The zero-order valence-electron chi connectivity index (χ0n) is 12.2. The third kappa shape index (κ3) is 2.20. The Kier molecular flexibility index (Phi) is 3.25. The van der Waals surface area contributed by atoms with Crippen LogP contribution in [-0.4, -0.2) is 77.4 Å². The van der Waals surface area contributed by atoms with Crippen LogP contribution in [0.25, 0.3) is 0 Å². The van der Waals surface area contributed by atoms with E-state index >= 15 is 0 Å². The number of fused-ring (bicyclic) bond motifs is 1. The van der Waals surface area contributed by atoms with Gasteiger partial charge in [-0.2, -0.15) is 0 Å². The van der Waals surface area contributed by atoms with Crippen molar-refractivity contribution in [2.75, 3.05) is 46.9 Å². The van der Waals surface area contributed by atoms with E-state index in [1.54, 1.807) is 18.1 Å². The van der Waals surface area contributed by atoms with Crippen molar-refractivity contribution in [3.05, 3.63) is 12.2 Å². The van der Waals surface area contributed by atoms with Crippen molar-refractivity contribution in [2.45, 2.75) is 0 Å². The lowest BCUT2D eigenvalue weighted by Crippen LogP contribution is -2.41. The fourth-order valence-electron chi connectivity index (χ4n) is 3.42. The maximum Gasteiger partial charge on any atom is 0.293 e. The minimum Gasteiger partial charge on any atom is -0.380 e. The van der Waals surface area contributed by atoms with E-state index in [-0.39, 0.29) is 17.1 Å². The normalized spacial score (nSPS) is 29.2. The molecule has 0 bridgehead atoms. The van der Waals surface area contributed by atoms with E-state index in [9.17, 15) is 4.79 Å². The van der Waals surface area contributed by atoms with Gasteiger partial charge in [-0.3, -0.25) is 9.48 Å².